The first-order valence-electron chi connectivity index (χ1n) is 4.54. The lowest BCUT2D eigenvalue weighted by Crippen LogP contribution is -2.20. The van der Waals surface area contributed by atoms with Crippen molar-refractivity contribution in [2.45, 2.75) is 13.0 Å². The molecule has 0 aliphatic carbocycles. The van der Waals surface area contributed by atoms with Crippen LogP contribution in [-0.4, -0.2) is 16.4 Å². The van der Waals surface area contributed by atoms with Crippen molar-refractivity contribution in [3.8, 4) is 0 Å². The van der Waals surface area contributed by atoms with Gasteiger partial charge in [0.2, 0.25) is 11.1 Å². The Morgan fingerprint density at radius 1 is 1.53 bits per heavy atom. The molecule has 0 fully saturated rings. The van der Waals surface area contributed by atoms with Crippen LogP contribution in [0.3, 0.4) is 0 Å². The molecular weight excluding hydrogens is 228 g/mol. The van der Waals surface area contributed by atoms with E-state index in [2.05, 4.69) is 38.7 Å². The SMILES string of the molecule is CC(c1cccs1)N(C)c1nc(N)ns1. The second kappa shape index (κ2) is 4.16. The third kappa shape index (κ3) is 2.10. The fourth-order valence-electron chi connectivity index (χ4n) is 1.26. The van der Waals surface area contributed by atoms with Crippen LogP contribution in [0, 0.1) is 0 Å². The van der Waals surface area contributed by atoms with Gasteiger partial charge in [0.1, 0.15) is 0 Å². The first-order valence-corrected chi connectivity index (χ1v) is 6.19. The lowest BCUT2D eigenvalue weighted by Gasteiger charge is -2.22. The van der Waals surface area contributed by atoms with E-state index in [1.54, 1.807) is 11.3 Å². The molecule has 0 saturated heterocycles. The van der Waals surface area contributed by atoms with E-state index in [0.717, 1.165) is 5.13 Å². The van der Waals surface area contributed by atoms with Crippen molar-refractivity contribution < 1.29 is 0 Å². The number of aromatic nitrogens is 2. The maximum absolute atomic E-state index is 5.50. The van der Waals surface area contributed by atoms with Gasteiger partial charge >= 0.3 is 0 Å². The number of rotatable bonds is 3. The van der Waals surface area contributed by atoms with Crippen molar-refractivity contribution in [3.63, 3.8) is 0 Å². The summed E-state index contributed by atoms with van der Waals surface area (Å²) in [5.41, 5.74) is 5.50. The Hall–Kier alpha value is -1.14. The third-order valence-corrected chi connectivity index (χ3v) is 4.13. The molecule has 1 atom stereocenters. The second-order valence-corrected chi connectivity index (χ2v) is 4.95. The Balaban J connectivity index is 2.18. The molecule has 2 heterocycles. The van der Waals surface area contributed by atoms with Crippen LogP contribution in [0.1, 0.15) is 17.8 Å². The fourth-order valence-corrected chi connectivity index (χ4v) is 2.72. The minimum absolute atomic E-state index is 0.303. The van der Waals surface area contributed by atoms with E-state index in [4.69, 9.17) is 5.73 Å². The summed E-state index contributed by atoms with van der Waals surface area (Å²) in [4.78, 5) is 7.55. The summed E-state index contributed by atoms with van der Waals surface area (Å²) in [6.45, 7) is 2.14. The van der Waals surface area contributed by atoms with Gasteiger partial charge in [-0.15, -0.1) is 11.3 Å². The summed E-state index contributed by atoms with van der Waals surface area (Å²) in [7, 11) is 2.00. The Morgan fingerprint density at radius 3 is 2.87 bits per heavy atom. The maximum atomic E-state index is 5.50. The number of hydrogen-bond donors (Lipinski definition) is 1. The summed E-state index contributed by atoms with van der Waals surface area (Å²) >= 11 is 3.07. The lowest BCUT2D eigenvalue weighted by atomic mass is 10.2. The highest BCUT2D eigenvalue weighted by atomic mass is 32.1. The highest BCUT2D eigenvalue weighted by Crippen LogP contribution is 2.29. The molecule has 0 aliphatic rings. The molecule has 0 radical (unpaired) electrons. The van der Waals surface area contributed by atoms with Gasteiger partial charge in [-0.3, -0.25) is 0 Å². The average molecular weight is 240 g/mol. The number of thiophene rings is 1. The molecule has 0 bridgehead atoms. The van der Waals surface area contributed by atoms with Crippen molar-refractivity contribution in [3.05, 3.63) is 22.4 Å². The summed E-state index contributed by atoms with van der Waals surface area (Å²) in [6.07, 6.45) is 0. The van der Waals surface area contributed by atoms with Gasteiger partial charge in [-0.2, -0.15) is 9.36 Å². The standard InChI is InChI=1S/C9H12N4S2/c1-6(7-4-3-5-14-7)13(2)9-11-8(10)12-15-9/h3-6H,1-2H3,(H2,10,12). The summed E-state index contributed by atoms with van der Waals surface area (Å²) in [5, 5.41) is 2.93. The smallest absolute Gasteiger partial charge is 0.233 e. The quantitative estimate of drug-likeness (QED) is 0.895. The van der Waals surface area contributed by atoms with Gasteiger partial charge in [-0.25, -0.2) is 0 Å². The number of hydrogen-bond acceptors (Lipinski definition) is 6. The van der Waals surface area contributed by atoms with Gasteiger partial charge in [-0.05, 0) is 18.4 Å². The summed E-state index contributed by atoms with van der Waals surface area (Å²) < 4.78 is 3.97. The van der Waals surface area contributed by atoms with Crippen LogP contribution in [0.4, 0.5) is 11.1 Å². The van der Waals surface area contributed by atoms with Crippen LogP contribution in [0.25, 0.3) is 0 Å². The highest BCUT2D eigenvalue weighted by molar-refractivity contribution is 7.10. The van der Waals surface area contributed by atoms with E-state index in [9.17, 15) is 0 Å². The van der Waals surface area contributed by atoms with E-state index >= 15 is 0 Å². The van der Waals surface area contributed by atoms with Crippen LogP contribution in [-0.2, 0) is 0 Å². The Labute approximate surface area is 96.5 Å². The van der Waals surface area contributed by atoms with Gasteiger partial charge in [-0.1, -0.05) is 6.07 Å². The number of nitrogens with two attached hydrogens (primary N) is 1. The van der Waals surface area contributed by atoms with Crippen LogP contribution in [0.2, 0.25) is 0 Å². The van der Waals surface area contributed by atoms with Gasteiger partial charge in [0.25, 0.3) is 0 Å². The molecule has 6 heteroatoms. The average Bonchev–Trinajstić information content (AvgIpc) is 2.85. The molecule has 1 unspecified atom stereocenters. The number of anilines is 2. The van der Waals surface area contributed by atoms with Gasteiger partial charge in [0.15, 0.2) is 0 Å². The van der Waals surface area contributed by atoms with Crippen LogP contribution in [0.5, 0.6) is 0 Å². The molecule has 2 aromatic rings. The zero-order valence-electron chi connectivity index (χ0n) is 8.54. The molecule has 2 N–H and O–H groups in total. The van der Waals surface area contributed by atoms with Crippen molar-refractivity contribution in [2.75, 3.05) is 17.7 Å². The fraction of sp³-hybridized carbons (Fsp3) is 0.333. The molecule has 0 amide bonds. The van der Waals surface area contributed by atoms with Gasteiger partial charge < -0.3 is 10.6 Å². The van der Waals surface area contributed by atoms with E-state index in [0.29, 0.717) is 12.0 Å². The zero-order valence-corrected chi connectivity index (χ0v) is 10.2. The van der Waals surface area contributed by atoms with Gasteiger partial charge in [0, 0.05) is 23.5 Å². The molecule has 0 aliphatic heterocycles. The minimum atomic E-state index is 0.303. The first kappa shape index (κ1) is 10.4. The highest BCUT2D eigenvalue weighted by Gasteiger charge is 2.16. The zero-order chi connectivity index (χ0) is 10.8. The summed E-state index contributed by atoms with van der Waals surface area (Å²) in [5.74, 6) is 0.347. The number of nitrogen functional groups attached to an aromatic ring is 1. The molecule has 0 spiro atoms. The second-order valence-electron chi connectivity index (χ2n) is 3.24. The predicted octanol–water partition coefficient (Wildman–Crippen LogP) is 2.38. The molecule has 0 saturated carbocycles. The van der Waals surface area contributed by atoms with E-state index in [1.165, 1.54) is 16.4 Å². The van der Waals surface area contributed by atoms with Crippen LogP contribution < -0.4 is 10.6 Å². The number of nitrogens with zero attached hydrogens (tertiary/aromatic N) is 3. The topological polar surface area (TPSA) is 55.0 Å². The van der Waals surface area contributed by atoms with Crippen LogP contribution >= 0.6 is 22.9 Å². The van der Waals surface area contributed by atoms with Crippen molar-refractivity contribution in [1.29, 1.82) is 0 Å². The predicted molar refractivity (Wildman–Crippen MR) is 65.5 cm³/mol. The summed E-state index contributed by atoms with van der Waals surface area (Å²) in [6, 6.07) is 4.48. The Bertz CT molecular complexity index is 423. The lowest BCUT2D eigenvalue weighted by molar-refractivity contribution is 0.751. The van der Waals surface area contributed by atoms with Gasteiger partial charge in [0.05, 0.1) is 6.04 Å². The molecule has 0 aromatic carbocycles. The molecule has 80 valence electrons. The van der Waals surface area contributed by atoms with E-state index < -0.39 is 0 Å². The monoisotopic (exact) mass is 240 g/mol. The Morgan fingerprint density at radius 2 is 2.33 bits per heavy atom. The van der Waals surface area contributed by atoms with Crippen LogP contribution in [0.15, 0.2) is 17.5 Å². The third-order valence-electron chi connectivity index (χ3n) is 2.27. The normalized spacial score (nSPS) is 12.7. The maximum Gasteiger partial charge on any atom is 0.233 e. The first-order chi connectivity index (χ1) is 7.18. The molecule has 2 rings (SSSR count). The molecule has 4 nitrogen and oxygen atoms in total. The van der Waals surface area contributed by atoms with Crippen molar-refractivity contribution in [2.24, 2.45) is 0 Å². The molecule has 15 heavy (non-hydrogen) atoms. The van der Waals surface area contributed by atoms with Crippen molar-refractivity contribution >= 4 is 33.9 Å². The van der Waals surface area contributed by atoms with Crippen molar-refractivity contribution in [1.82, 2.24) is 9.36 Å². The van der Waals surface area contributed by atoms with E-state index in [1.807, 2.05) is 7.05 Å². The van der Waals surface area contributed by atoms with E-state index in [-0.39, 0.29) is 0 Å². The molecule has 2 aromatic heterocycles. The Kier molecular flexibility index (Phi) is 2.88. The molecular formula is C9H12N4S2. The minimum Gasteiger partial charge on any atom is -0.367 e. The largest absolute Gasteiger partial charge is 0.367 e.